The highest BCUT2D eigenvalue weighted by Crippen LogP contribution is 2.08. The van der Waals surface area contributed by atoms with Crippen LogP contribution in [0.4, 0.5) is 11.4 Å². The predicted molar refractivity (Wildman–Crippen MR) is 67.4 cm³/mol. The average Bonchev–Trinajstić information content (AvgIpc) is 2.33. The molecule has 0 aliphatic carbocycles. The molecule has 2 aromatic rings. The number of nitrogens with zero attached hydrogens (tertiary/aromatic N) is 1. The Kier molecular flexibility index (Phi) is 3.35. The van der Waals surface area contributed by atoms with E-state index in [1.54, 1.807) is 36.7 Å². The van der Waals surface area contributed by atoms with Gasteiger partial charge < -0.3 is 11.1 Å². The number of carbonyl (C=O) groups excluding carboxylic acids is 1. The Morgan fingerprint density at radius 1 is 1.24 bits per heavy atom. The van der Waals surface area contributed by atoms with E-state index in [9.17, 15) is 4.79 Å². The van der Waals surface area contributed by atoms with Crippen molar-refractivity contribution >= 4 is 17.3 Å². The van der Waals surface area contributed by atoms with Crippen molar-refractivity contribution in [3.05, 3.63) is 54.4 Å². The molecule has 1 aromatic carbocycles. The van der Waals surface area contributed by atoms with Crippen molar-refractivity contribution in [2.75, 3.05) is 11.1 Å². The van der Waals surface area contributed by atoms with Gasteiger partial charge in [-0.3, -0.25) is 9.78 Å². The molecule has 0 spiro atoms. The fourth-order valence-corrected chi connectivity index (χ4v) is 1.46. The zero-order chi connectivity index (χ0) is 12.1. The second-order valence-corrected chi connectivity index (χ2v) is 3.71. The summed E-state index contributed by atoms with van der Waals surface area (Å²) >= 11 is 0. The Bertz CT molecular complexity index is 494. The largest absolute Gasteiger partial charge is 0.399 e. The first-order chi connectivity index (χ1) is 8.24. The summed E-state index contributed by atoms with van der Waals surface area (Å²) in [7, 11) is 0. The molecule has 0 aliphatic rings. The number of nitrogens with two attached hydrogens (primary N) is 1. The van der Waals surface area contributed by atoms with Crippen molar-refractivity contribution in [3.63, 3.8) is 0 Å². The van der Waals surface area contributed by atoms with Crippen molar-refractivity contribution in [1.29, 1.82) is 0 Å². The third-order valence-electron chi connectivity index (χ3n) is 2.29. The van der Waals surface area contributed by atoms with E-state index in [1.807, 2.05) is 12.1 Å². The van der Waals surface area contributed by atoms with Gasteiger partial charge in [0, 0.05) is 11.9 Å². The monoisotopic (exact) mass is 227 g/mol. The molecule has 1 amide bonds. The minimum Gasteiger partial charge on any atom is -0.399 e. The maximum absolute atomic E-state index is 11.7. The lowest BCUT2D eigenvalue weighted by Gasteiger charge is -2.04. The first-order valence-electron chi connectivity index (χ1n) is 5.28. The van der Waals surface area contributed by atoms with E-state index in [0.29, 0.717) is 17.8 Å². The zero-order valence-corrected chi connectivity index (χ0v) is 9.26. The van der Waals surface area contributed by atoms with E-state index >= 15 is 0 Å². The highest BCUT2D eigenvalue weighted by Gasteiger charge is 2.03. The lowest BCUT2D eigenvalue weighted by atomic mass is 10.1. The molecular formula is C13H13N3O. The number of amides is 1. The summed E-state index contributed by atoms with van der Waals surface area (Å²) in [6, 6.07) is 10.8. The Labute approximate surface area is 99.5 Å². The fraction of sp³-hybridized carbons (Fsp3) is 0.0769. The Balaban J connectivity index is 1.96. The number of carbonyl (C=O) groups is 1. The minimum atomic E-state index is -0.0669. The topological polar surface area (TPSA) is 68.0 Å². The van der Waals surface area contributed by atoms with Crippen LogP contribution in [0.5, 0.6) is 0 Å². The SMILES string of the molecule is Nc1ccc(CC(=O)Nc2cccnc2)cc1. The molecule has 4 nitrogen and oxygen atoms in total. The molecule has 0 aliphatic heterocycles. The standard InChI is InChI=1S/C13H13N3O/c14-11-5-3-10(4-6-11)8-13(17)16-12-2-1-7-15-9-12/h1-7,9H,8,14H2,(H,16,17). The number of pyridine rings is 1. The van der Waals surface area contributed by atoms with Crippen molar-refractivity contribution < 1.29 is 4.79 Å². The van der Waals surface area contributed by atoms with Crippen LogP contribution in [0.2, 0.25) is 0 Å². The van der Waals surface area contributed by atoms with Crippen LogP contribution in [0.15, 0.2) is 48.8 Å². The molecule has 0 saturated heterocycles. The second kappa shape index (κ2) is 5.12. The van der Waals surface area contributed by atoms with Gasteiger partial charge in [0.2, 0.25) is 5.91 Å². The molecule has 4 heteroatoms. The quantitative estimate of drug-likeness (QED) is 0.786. The lowest BCUT2D eigenvalue weighted by Crippen LogP contribution is -2.14. The molecule has 0 saturated carbocycles. The molecule has 1 heterocycles. The van der Waals surface area contributed by atoms with Gasteiger partial charge in [-0.2, -0.15) is 0 Å². The third-order valence-corrected chi connectivity index (χ3v) is 2.29. The van der Waals surface area contributed by atoms with E-state index in [4.69, 9.17) is 5.73 Å². The van der Waals surface area contributed by atoms with Gasteiger partial charge in [-0.15, -0.1) is 0 Å². The van der Waals surface area contributed by atoms with Crippen LogP contribution < -0.4 is 11.1 Å². The lowest BCUT2D eigenvalue weighted by molar-refractivity contribution is -0.115. The minimum absolute atomic E-state index is 0.0669. The number of hydrogen-bond donors (Lipinski definition) is 2. The van der Waals surface area contributed by atoms with Crippen LogP contribution >= 0.6 is 0 Å². The molecular weight excluding hydrogens is 214 g/mol. The summed E-state index contributed by atoms with van der Waals surface area (Å²) < 4.78 is 0. The molecule has 0 fully saturated rings. The van der Waals surface area contributed by atoms with Crippen molar-refractivity contribution in [1.82, 2.24) is 4.98 Å². The van der Waals surface area contributed by atoms with Gasteiger partial charge >= 0.3 is 0 Å². The Morgan fingerprint density at radius 3 is 2.65 bits per heavy atom. The summed E-state index contributed by atoms with van der Waals surface area (Å²) in [6.07, 6.45) is 3.60. The van der Waals surface area contributed by atoms with Crippen LogP contribution in [0.3, 0.4) is 0 Å². The van der Waals surface area contributed by atoms with E-state index in [0.717, 1.165) is 5.56 Å². The molecule has 2 rings (SSSR count). The summed E-state index contributed by atoms with van der Waals surface area (Å²) in [5.41, 5.74) is 7.90. The van der Waals surface area contributed by atoms with Gasteiger partial charge in [-0.1, -0.05) is 12.1 Å². The van der Waals surface area contributed by atoms with E-state index < -0.39 is 0 Å². The predicted octanol–water partition coefficient (Wildman–Crippen LogP) is 1.84. The van der Waals surface area contributed by atoms with Crippen LogP contribution in [0.1, 0.15) is 5.56 Å². The van der Waals surface area contributed by atoms with Crippen LogP contribution in [0.25, 0.3) is 0 Å². The van der Waals surface area contributed by atoms with Gasteiger partial charge in [-0.25, -0.2) is 0 Å². The maximum Gasteiger partial charge on any atom is 0.228 e. The number of anilines is 2. The molecule has 0 bridgehead atoms. The average molecular weight is 227 g/mol. The summed E-state index contributed by atoms with van der Waals surface area (Å²) in [6.45, 7) is 0. The Morgan fingerprint density at radius 2 is 2.00 bits per heavy atom. The first kappa shape index (κ1) is 11.1. The van der Waals surface area contributed by atoms with Crippen molar-refractivity contribution in [2.24, 2.45) is 0 Å². The maximum atomic E-state index is 11.7. The third kappa shape index (κ3) is 3.31. The van der Waals surface area contributed by atoms with Gasteiger partial charge in [0.1, 0.15) is 0 Å². The van der Waals surface area contributed by atoms with E-state index in [-0.39, 0.29) is 5.91 Å². The number of aromatic nitrogens is 1. The number of nitrogens with one attached hydrogen (secondary N) is 1. The number of rotatable bonds is 3. The first-order valence-corrected chi connectivity index (χ1v) is 5.28. The summed E-state index contributed by atoms with van der Waals surface area (Å²) in [5, 5.41) is 2.77. The molecule has 17 heavy (non-hydrogen) atoms. The smallest absolute Gasteiger partial charge is 0.228 e. The van der Waals surface area contributed by atoms with Crippen molar-refractivity contribution in [3.8, 4) is 0 Å². The molecule has 3 N–H and O–H groups in total. The highest BCUT2D eigenvalue weighted by molar-refractivity contribution is 5.92. The summed E-state index contributed by atoms with van der Waals surface area (Å²) in [5.74, 6) is -0.0669. The molecule has 1 aromatic heterocycles. The molecule has 0 unspecified atom stereocenters. The Hall–Kier alpha value is -2.36. The van der Waals surface area contributed by atoms with Crippen molar-refractivity contribution in [2.45, 2.75) is 6.42 Å². The summed E-state index contributed by atoms with van der Waals surface area (Å²) in [4.78, 5) is 15.6. The van der Waals surface area contributed by atoms with E-state index in [2.05, 4.69) is 10.3 Å². The van der Waals surface area contributed by atoms with Gasteiger partial charge in [-0.05, 0) is 29.8 Å². The van der Waals surface area contributed by atoms with Crippen LogP contribution in [-0.2, 0) is 11.2 Å². The normalized spacial score (nSPS) is 9.88. The van der Waals surface area contributed by atoms with Gasteiger partial charge in [0.15, 0.2) is 0 Å². The number of benzene rings is 1. The van der Waals surface area contributed by atoms with Gasteiger partial charge in [0.05, 0.1) is 18.3 Å². The fourth-order valence-electron chi connectivity index (χ4n) is 1.46. The van der Waals surface area contributed by atoms with Crippen LogP contribution in [-0.4, -0.2) is 10.9 Å². The van der Waals surface area contributed by atoms with E-state index in [1.165, 1.54) is 0 Å². The molecule has 0 atom stereocenters. The highest BCUT2D eigenvalue weighted by atomic mass is 16.1. The zero-order valence-electron chi connectivity index (χ0n) is 9.26. The second-order valence-electron chi connectivity index (χ2n) is 3.71. The molecule has 0 radical (unpaired) electrons. The van der Waals surface area contributed by atoms with Gasteiger partial charge in [0.25, 0.3) is 0 Å². The molecule has 86 valence electrons. The number of hydrogen-bond acceptors (Lipinski definition) is 3. The van der Waals surface area contributed by atoms with Crippen LogP contribution in [0, 0.1) is 0 Å². The number of nitrogen functional groups attached to an aromatic ring is 1.